The maximum atomic E-state index is 8.39. The first kappa shape index (κ1) is 11.4. The van der Waals surface area contributed by atoms with Gasteiger partial charge >= 0.3 is 0 Å². The molecule has 0 aromatic rings. The van der Waals surface area contributed by atoms with E-state index in [0.29, 0.717) is 6.61 Å². The van der Waals surface area contributed by atoms with Crippen LogP contribution in [0.3, 0.4) is 0 Å². The van der Waals surface area contributed by atoms with Gasteiger partial charge in [0.25, 0.3) is 0 Å². The Morgan fingerprint density at radius 3 is 2.25 bits per heavy atom. The standard InChI is InChI=1S/C4H10O3.HI/c1-2-7-4(6)3-5;/h4-6H,2-3H2,1H3;1H. The second-order valence-corrected chi connectivity index (χ2v) is 1.09. The van der Waals surface area contributed by atoms with Gasteiger partial charge in [-0.2, -0.15) is 0 Å². The van der Waals surface area contributed by atoms with Crippen LogP contribution in [0.1, 0.15) is 6.92 Å². The van der Waals surface area contributed by atoms with E-state index in [1.165, 1.54) is 0 Å². The van der Waals surface area contributed by atoms with Crippen LogP contribution in [0, 0.1) is 0 Å². The predicted octanol–water partition coefficient (Wildman–Crippen LogP) is -0.0484. The maximum absolute atomic E-state index is 8.39. The lowest BCUT2D eigenvalue weighted by Gasteiger charge is -2.03. The van der Waals surface area contributed by atoms with Gasteiger partial charge in [0.05, 0.1) is 6.61 Å². The molecular formula is C4H11IO3. The lowest BCUT2D eigenvalue weighted by molar-refractivity contribution is -0.120. The van der Waals surface area contributed by atoms with Crippen LogP contribution in [0.2, 0.25) is 0 Å². The number of hydrogen-bond donors (Lipinski definition) is 2. The van der Waals surface area contributed by atoms with E-state index in [4.69, 9.17) is 10.2 Å². The van der Waals surface area contributed by atoms with Crippen molar-refractivity contribution < 1.29 is 14.9 Å². The van der Waals surface area contributed by atoms with Crippen molar-refractivity contribution in [3.8, 4) is 0 Å². The summed E-state index contributed by atoms with van der Waals surface area (Å²) in [6, 6.07) is 0. The van der Waals surface area contributed by atoms with Crippen molar-refractivity contribution in [2.45, 2.75) is 13.2 Å². The van der Waals surface area contributed by atoms with Crippen LogP contribution in [0.4, 0.5) is 0 Å². The van der Waals surface area contributed by atoms with Gasteiger partial charge in [-0.1, -0.05) is 0 Å². The molecule has 0 rings (SSSR count). The molecule has 0 aliphatic heterocycles. The molecule has 0 aromatic carbocycles. The van der Waals surface area contributed by atoms with Crippen LogP contribution in [0.25, 0.3) is 0 Å². The summed E-state index contributed by atoms with van der Waals surface area (Å²) in [5.41, 5.74) is 0. The zero-order chi connectivity index (χ0) is 5.70. The van der Waals surface area contributed by atoms with Crippen LogP contribution in [0.5, 0.6) is 0 Å². The highest BCUT2D eigenvalue weighted by Crippen LogP contribution is 1.80. The number of ether oxygens (including phenoxy) is 1. The molecule has 3 nitrogen and oxygen atoms in total. The van der Waals surface area contributed by atoms with E-state index in [9.17, 15) is 0 Å². The monoisotopic (exact) mass is 234 g/mol. The molecule has 0 aromatic heterocycles. The van der Waals surface area contributed by atoms with Gasteiger partial charge in [0.15, 0.2) is 6.29 Å². The van der Waals surface area contributed by atoms with E-state index in [1.54, 1.807) is 6.92 Å². The Bertz CT molecular complexity index is 42.3. The molecule has 0 fully saturated rings. The largest absolute Gasteiger partial charge is 0.391 e. The molecule has 52 valence electrons. The summed E-state index contributed by atoms with van der Waals surface area (Å²) in [5.74, 6) is 0. The highest BCUT2D eigenvalue weighted by molar-refractivity contribution is 14.0. The van der Waals surface area contributed by atoms with Crippen LogP contribution in [0.15, 0.2) is 0 Å². The molecule has 0 amide bonds. The zero-order valence-electron chi connectivity index (χ0n) is 4.70. The minimum Gasteiger partial charge on any atom is -0.391 e. The molecule has 0 saturated heterocycles. The third kappa shape index (κ3) is 6.61. The van der Waals surface area contributed by atoms with E-state index in [-0.39, 0.29) is 30.6 Å². The van der Waals surface area contributed by atoms with Crippen molar-refractivity contribution in [3.63, 3.8) is 0 Å². The summed E-state index contributed by atoms with van der Waals surface area (Å²) in [6.45, 7) is 1.86. The van der Waals surface area contributed by atoms with Gasteiger partial charge in [-0.05, 0) is 6.92 Å². The molecule has 1 unspecified atom stereocenters. The highest BCUT2D eigenvalue weighted by atomic mass is 127. The number of halogens is 1. The van der Waals surface area contributed by atoms with Gasteiger partial charge in [0.1, 0.15) is 0 Å². The summed E-state index contributed by atoms with van der Waals surface area (Å²) in [6.07, 6.45) is -0.995. The molecule has 0 aliphatic carbocycles. The lowest BCUT2D eigenvalue weighted by atomic mass is 10.7. The molecule has 0 radical (unpaired) electrons. The van der Waals surface area contributed by atoms with Gasteiger partial charge < -0.3 is 14.9 Å². The van der Waals surface area contributed by atoms with Gasteiger partial charge in [-0.15, -0.1) is 24.0 Å². The first-order valence-corrected chi connectivity index (χ1v) is 2.21. The molecule has 0 aliphatic rings. The second-order valence-electron chi connectivity index (χ2n) is 1.09. The average molecular weight is 234 g/mol. The Morgan fingerprint density at radius 1 is 1.62 bits per heavy atom. The van der Waals surface area contributed by atoms with Crippen LogP contribution < -0.4 is 0 Å². The zero-order valence-corrected chi connectivity index (χ0v) is 7.03. The molecule has 0 saturated carbocycles. The summed E-state index contributed by atoms with van der Waals surface area (Å²) in [7, 11) is 0. The van der Waals surface area contributed by atoms with Gasteiger partial charge in [-0.25, -0.2) is 0 Å². The fraction of sp³-hybridized carbons (Fsp3) is 1.00. The molecule has 0 spiro atoms. The van der Waals surface area contributed by atoms with E-state index in [1.807, 2.05) is 0 Å². The summed E-state index contributed by atoms with van der Waals surface area (Å²) in [5, 5.41) is 16.5. The average Bonchev–Trinajstić information content (AvgIpc) is 1.68. The van der Waals surface area contributed by atoms with Gasteiger partial charge in [0, 0.05) is 6.61 Å². The van der Waals surface area contributed by atoms with Gasteiger partial charge in [0.2, 0.25) is 0 Å². The van der Waals surface area contributed by atoms with E-state index >= 15 is 0 Å². The number of rotatable bonds is 3. The fourth-order valence-electron chi connectivity index (χ4n) is 0.245. The normalized spacial score (nSPS) is 12.4. The number of aliphatic hydroxyl groups excluding tert-OH is 2. The van der Waals surface area contributed by atoms with E-state index < -0.39 is 6.29 Å². The number of aliphatic hydroxyl groups is 2. The topological polar surface area (TPSA) is 49.7 Å². The Morgan fingerprint density at radius 2 is 2.12 bits per heavy atom. The minimum atomic E-state index is -0.995. The molecule has 1 atom stereocenters. The van der Waals surface area contributed by atoms with Crippen molar-refractivity contribution in [2.75, 3.05) is 13.2 Å². The first-order chi connectivity index (χ1) is 3.31. The van der Waals surface area contributed by atoms with Crippen molar-refractivity contribution in [2.24, 2.45) is 0 Å². The molecule has 2 N–H and O–H groups in total. The Balaban J connectivity index is 0. The minimum absolute atomic E-state index is 0. The Labute approximate surface area is 65.7 Å². The predicted molar refractivity (Wildman–Crippen MR) is 40.1 cm³/mol. The van der Waals surface area contributed by atoms with Crippen LogP contribution in [-0.4, -0.2) is 29.7 Å². The smallest absolute Gasteiger partial charge is 0.177 e. The van der Waals surface area contributed by atoms with Crippen molar-refractivity contribution >= 4 is 24.0 Å². The molecule has 0 heterocycles. The Kier molecular flexibility index (Phi) is 10.9. The summed E-state index contributed by atoms with van der Waals surface area (Å²) < 4.78 is 4.50. The number of hydrogen-bond acceptors (Lipinski definition) is 3. The third-order valence-corrected chi connectivity index (χ3v) is 0.515. The van der Waals surface area contributed by atoms with Crippen molar-refractivity contribution in [1.82, 2.24) is 0 Å². The summed E-state index contributed by atoms with van der Waals surface area (Å²) in [4.78, 5) is 0. The molecule has 0 bridgehead atoms. The Hall–Kier alpha value is 0.610. The third-order valence-electron chi connectivity index (χ3n) is 0.515. The quantitative estimate of drug-likeness (QED) is 0.531. The second kappa shape index (κ2) is 7.61. The fourth-order valence-corrected chi connectivity index (χ4v) is 0.245. The molecule has 4 heteroatoms. The summed E-state index contributed by atoms with van der Waals surface area (Å²) >= 11 is 0. The van der Waals surface area contributed by atoms with Crippen LogP contribution >= 0.6 is 24.0 Å². The molecular weight excluding hydrogens is 223 g/mol. The maximum Gasteiger partial charge on any atom is 0.177 e. The lowest BCUT2D eigenvalue weighted by Crippen LogP contribution is -2.15. The van der Waals surface area contributed by atoms with E-state index in [0.717, 1.165) is 0 Å². The van der Waals surface area contributed by atoms with E-state index in [2.05, 4.69) is 4.74 Å². The first-order valence-electron chi connectivity index (χ1n) is 2.21. The van der Waals surface area contributed by atoms with Crippen LogP contribution in [-0.2, 0) is 4.74 Å². The highest BCUT2D eigenvalue weighted by Gasteiger charge is 1.95. The SMILES string of the molecule is CCOC(O)CO.I. The van der Waals surface area contributed by atoms with Crippen molar-refractivity contribution in [1.29, 1.82) is 0 Å². The molecule has 8 heavy (non-hydrogen) atoms. The van der Waals surface area contributed by atoms with Gasteiger partial charge in [-0.3, -0.25) is 0 Å². The van der Waals surface area contributed by atoms with Crippen molar-refractivity contribution in [3.05, 3.63) is 0 Å².